The van der Waals surface area contributed by atoms with E-state index in [-0.39, 0.29) is 11.0 Å². The Morgan fingerprint density at radius 1 is 1.03 bits per heavy atom. The number of carbonyl (C=O) groups is 1. The van der Waals surface area contributed by atoms with Crippen LogP contribution in [-0.2, 0) is 14.8 Å². The number of hydrogen-bond donors (Lipinski definition) is 2. The third kappa shape index (κ3) is 6.03. The molecule has 1 fully saturated rings. The fourth-order valence-electron chi connectivity index (χ4n) is 3.39. The Morgan fingerprint density at radius 3 is 2.21 bits per heavy atom. The Hall–Kier alpha value is -2.20. The van der Waals surface area contributed by atoms with Crippen molar-refractivity contribution in [2.45, 2.75) is 32.6 Å². The summed E-state index contributed by atoms with van der Waals surface area (Å²) in [7, 11) is -3.56. The van der Waals surface area contributed by atoms with Crippen LogP contribution in [-0.4, -0.2) is 49.9 Å². The Labute approximate surface area is 206 Å². The van der Waals surface area contributed by atoms with Crippen LogP contribution in [0.4, 0.5) is 11.4 Å². The molecule has 1 amide bonds. The zero-order chi connectivity index (χ0) is 24.4. The molecule has 0 spiro atoms. The maximum atomic E-state index is 13.0. The number of benzene rings is 2. The largest absolute Gasteiger partial charge is 0.366 e. The molecular weight excluding hydrogens is 480 g/mol. The van der Waals surface area contributed by atoms with Crippen LogP contribution in [0.5, 0.6) is 0 Å². The molecular formula is C23H29ClN4O3S2. The maximum Gasteiger partial charge on any atom is 0.243 e. The molecule has 1 heterocycles. The summed E-state index contributed by atoms with van der Waals surface area (Å²) in [5.74, 6) is -0.196. The van der Waals surface area contributed by atoms with Gasteiger partial charge >= 0.3 is 0 Å². The average Bonchev–Trinajstić information content (AvgIpc) is 2.73. The van der Waals surface area contributed by atoms with Gasteiger partial charge in [-0.1, -0.05) is 56.1 Å². The fraction of sp³-hybridized carbons (Fsp3) is 0.391. The smallest absolute Gasteiger partial charge is 0.243 e. The van der Waals surface area contributed by atoms with Crippen molar-refractivity contribution in [1.82, 2.24) is 9.62 Å². The number of anilines is 2. The quantitative estimate of drug-likeness (QED) is 0.607. The Bertz CT molecular complexity index is 1140. The molecule has 10 heteroatoms. The van der Waals surface area contributed by atoms with Crippen molar-refractivity contribution in [3.05, 3.63) is 53.1 Å². The highest BCUT2D eigenvalue weighted by molar-refractivity contribution is 7.89. The van der Waals surface area contributed by atoms with Gasteiger partial charge in [0.05, 0.1) is 21.3 Å². The van der Waals surface area contributed by atoms with Gasteiger partial charge in [-0.05, 0) is 43.4 Å². The summed E-state index contributed by atoms with van der Waals surface area (Å²) in [6.07, 6.45) is 0. The SMILES string of the molecule is Cc1ccc(S(=O)(=O)N2CCN(c3c(Cl)cccc3NC(=S)NC(=O)C(C)(C)C)CC2)cc1. The number of carbonyl (C=O) groups excluding carboxylic acids is 1. The van der Waals surface area contributed by atoms with E-state index in [4.69, 9.17) is 23.8 Å². The number of hydrogen-bond acceptors (Lipinski definition) is 5. The van der Waals surface area contributed by atoms with E-state index < -0.39 is 15.4 Å². The van der Waals surface area contributed by atoms with Crippen molar-refractivity contribution in [3.63, 3.8) is 0 Å². The highest BCUT2D eigenvalue weighted by atomic mass is 35.5. The van der Waals surface area contributed by atoms with E-state index in [2.05, 4.69) is 10.6 Å². The predicted octanol–water partition coefficient (Wildman–Crippen LogP) is 4.02. The molecule has 2 aromatic carbocycles. The Kier molecular flexibility index (Phi) is 7.68. The summed E-state index contributed by atoms with van der Waals surface area (Å²) < 4.78 is 27.5. The number of nitrogens with one attached hydrogen (secondary N) is 2. The molecule has 178 valence electrons. The first-order valence-corrected chi connectivity index (χ1v) is 12.8. The van der Waals surface area contributed by atoms with E-state index in [0.717, 1.165) is 11.3 Å². The first-order valence-electron chi connectivity index (χ1n) is 10.6. The molecule has 0 saturated carbocycles. The molecule has 0 bridgehead atoms. The lowest BCUT2D eigenvalue weighted by Gasteiger charge is -2.36. The van der Waals surface area contributed by atoms with Gasteiger partial charge in [-0.2, -0.15) is 4.31 Å². The van der Waals surface area contributed by atoms with Crippen LogP contribution in [0.25, 0.3) is 0 Å². The standard InChI is InChI=1S/C23H29ClN4O3S2/c1-16-8-10-17(11-9-16)33(30,31)28-14-12-27(13-15-28)20-18(24)6-5-7-19(20)25-22(32)26-21(29)23(2,3)4/h5-11H,12-15H2,1-4H3,(H2,25,26,29,32). The molecule has 0 radical (unpaired) electrons. The summed E-state index contributed by atoms with van der Waals surface area (Å²) in [5.41, 5.74) is 1.80. The monoisotopic (exact) mass is 508 g/mol. The van der Waals surface area contributed by atoms with Gasteiger partial charge < -0.3 is 15.5 Å². The van der Waals surface area contributed by atoms with Crippen molar-refractivity contribution < 1.29 is 13.2 Å². The van der Waals surface area contributed by atoms with E-state index in [1.54, 1.807) is 57.2 Å². The molecule has 2 N–H and O–H groups in total. The van der Waals surface area contributed by atoms with Gasteiger partial charge in [0, 0.05) is 31.6 Å². The third-order valence-corrected chi connectivity index (χ3v) is 7.78. The van der Waals surface area contributed by atoms with Crippen molar-refractivity contribution in [2.75, 3.05) is 36.4 Å². The normalized spacial score (nSPS) is 15.2. The number of para-hydroxylation sites is 1. The van der Waals surface area contributed by atoms with Crippen molar-refractivity contribution >= 4 is 56.2 Å². The van der Waals surface area contributed by atoms with E-state index in [9.17, 15) is 13.2 Å². The van der Waals surface area contributed by atoms with E-state index >= 15 is 0 Å². The predicted molar refractivity (Wildman–Crippen MR) is 137 cm³/mol. The minimum absolute atomic E-state index is 0.180. The van der Waals surface area contributed by atoms with E-state index in [1.807, 2.05) is 17.9 Å². The van der Waals surface area contributed by atoms with E-state index in [0.29, 0.717) is 41.8 Å². The zero-order valence-corrected chi connectivity index (χ0v) is 21.6. The van der Waals surface area contributed by atoms with Crippen LogP contribution >= 0.6 is 23.8 Å². The summed E-state index contributed by atoms with van der Waals surface area (Å²) in [4.78, 5) is 14.6. The van der Waals surface area contributed by atoms with Gasteiger partial charge in [-0.25, -0.2) is 8.42 Å². The second kappa shape index (κ2) is 9.97. The topological polar surface area (TPSA) is 81.8 Å². The van der Waals surface area contributed by atoms with Gasteiger partial charge in [0.2, 0.25) is 15.9 Å². The highest BCUT2D eigenvalue weighted by Crippen LogP contribution is 2.35. The summed E-state index contributed by atoms with van der Waals surface area (Å²) in [5, 5.41) is 6.46. The average molecular weight is 509 g/mol. The molecule has 7 nitrogen and oxygen atoms in total. The molecule has 3 rings (SSSR count). The van der Waals surface area contributed by atoms with Crippen molar-refractivity contribution in [1.29, 1.82) is 0 Å². The molecule has 33 heavy (non-hydrogen) atoms. The molecule has 1 saturated heterocycles. The minimum atomic E-state index is -3.56. The lowest BCUT2D eigenvalue weighted by molar-refractivity contribution is -0.126. The number of amides is 1. The molecule has 2 aromatic rings. The number of piperazine rings is 1. The van der Waals surface area contributed by atoms with Gasteiger partial charge in [0.1, 0.15) is 0 Å². The van der Waals surface area contributed by atoms with E-state index in [1.165, 1.54) is 4.31 Å². The summed E-state index contributed by atoms with van der Waals surface area (Å²) in [6.45, 7) is 8.91. The summed E-state index contributed by atoms with van der Waals surface area (Å²) >= 11 is 11.8. The first kappa shape index (κ1) is 25.4. The maximum absolute atomic E-state index is 13.0. The van der Waals surface area contributed by atoms with Crippen molar-refractivity contribution in [2.24, 2.45) is 5.41 Å². The molecule has 0 aliphatic carbocycles. The number of aryl methyl sites for hydroxylation is 1. The van der Waals surface area contributed by atoms with Crippen LogP contribution in [0.1, 0.15) is 26.3 Å². The minimum Gasteiger partial charge on any atom is -0.366 e. The van der Waals surface area contributed by atoms with Gasteiger partial charge in [-0.3, -0.25) is 4.79 Å². The number of rotatable bonds is 4. The number of nitrogens with zero attached hydrogens (tertiary/aromatic N) is 2. The third-order valence-electron chi connectivity index (χ3n) is 5.36. The van der Waals surface area contributed by atoms with Gasteiger partial charge in [0.15, 0.2) is 5.11 Å². The lowest BCUT2D eigenvalue weighted by Crippen LogP contribution is -2.49. The first-order chi connectivity index (χ1) is 15.4. The zero-order valence-electron chi connectivity index (χ0n) is 19.2. The van der Waals surface area contributed by atoms with Gasteiger partial charge in [0.25, 0.3) is 0 Å². The number of thiocarbonyl (C=S) groups is 1. The Morgan fingerprint density at radius 2 is 1.64 bits per heavy atom. The molecule has 0 atom stereocenters. The van der Waals surface area contributed by atoms with Crippen LogP contribution in [0.2, 0.25) is 5.02 Å². The number of halogens is 1. The molecule has 1 aliphatic heterocycles. The number of sulfonamides is 1. The van der Waals surface area contributed by atoms with Crippen LogP contribution < -0.4 is 15.5 Å². The van der Waals surface area contributed by atoms with Crippen molar-refractivity contribution in [3.8, 4) is 0 Å². The molecule has 0 aromatic heterocycles. The van der Waals surface area contributed by atoms with Crippen LogP contribution in [0.15, 0.2) is 47.4 Å². The lowest BCUT2D eigenvalue weighted by atomic mass is 9.96. The van der Waals surface area contributed by atoms with Crippen LogP contribution in [0.3, 0.4) is 0 Å². The van der Waals surface area contributed by atoms with Crippen LogP contribution in [0, 0.1) is 12.3 Å². The second-order valence-corrected chi connectivity index (χ2v) is 11.8. The summed E-state index contributed by atoms with van der Waals surface area (Å²) in [6, 6.07) is 12.3. The Balaban J connectivity index is 1.73. The highest BCUT2D eigenvalue weighted by Gasteiger charge is 2.30. The second-order valence-electron chi connectivity index (χ2n) is 9.00. The fourth-order valence-corrected chi connectivity index (χ4v) is 5.31. The van der Waals surface area contributed by atoms with Gasteiger partial charge in [-0.15, -0.1) is 0 Å². The molecule has 0 unspecified atom stereocenters. The molecule has 1 aliphatic rings.